The minimum atomic E-state index is 0.465. The lowest BCUT2D eigenvalue weighted by molar-refractivity contribution is 0.302. The van der Waals surface area contributed by atoms with Gasteiger partial charge >= 0.3 is 0 Å². The first-order chi connectivity index (χ1) is 12.3. The molecular formula is C24H33N. The number of rotatable bonds is 9. The predicted molar refractivity (Wildman–Crippen MR) is 106 cm³/mol. The van der Waals surface area contributed by atoms with E-state index in [-0.39, 0.29) is 0 Å². The highest BCUT2D eigenvalue weighted by Crippen LogP contribution is 2.31. The third kappa shape index (κ3) is 7.79. The molecule has 25 heavy (non-hydrogen) atoms. The zero-order chi connectivity index (χ0) is 17.7. The fraction of sp³-hybridized carbons (Fsp3) is 0.625. The Hall–Kier alpha value is -1.73. The first kappa shape index (κ1) is 19.6. The van der Waals surface area contributed by atoms with Gasteiger partial charge in [-0.05, 0) is 68.4 Å². The highest BCUT2D eigenvalue weighted by molar-refractivity contribution is 5.23. The van der Waals surface area contributed by atoms with Crippen molar-refractivity contribution in [2.24, 2.45) is 11.8 Å². The highest BCUT2D eigenvalue weighted by Gasteiger charge is 2.19. The summed E-state index contributed by atoms with van der Waals surface area (Å²) in [6.07, 6.45) is 15.4. The molecule has 0 saturated heterocycles. The van der Waals surface area contributed by atoms with Gasteiger partial charge in [-0.2, -0.15) is 5.26 Å². The van der Waals surface area contributed by atoms with Crippen molar-refractivity contribution in [2.45, 2.75) is 84.0 Å². The van der Waals surface area contributed by atoms with Crippen molar-refractivity contribution in [1.82, 2.24) is 0 Å². The highest BCUT2D eigenvalue weighted by atomic mass is 14.2. The van der Waals surface area contributed by atoms with Crippen molar-refractivity contribution in [3.63, 3.8) is 0 Å². The van der Waals surface area contributed by atoms with Gasteiger partial charge < -0.3 is 0 Å². The molecule has 0 aromatic heterocycles. The van der Waals surface area contributed by atoms with E-state index in [1.165, 1.54) is 88.2 Å². The lowest BCUT2D eigenvalue weighted by Crippen LogP contribution is -2.14. The second kappa shape index (κ2) is 11.8. The molecular weight excluding hydrogens is 302 g/mol. The van der Waals surface area contributed by atoms with Crippen molar-refractivity contribution in [3.8, 4) is 17.9 Å². The average molecular weight is 336 g/mol. The van der Waals surface area contributed by atoms with E-state index in [1.807, 2.05) is 6.07 Å². The van der Waals surface area contributed by atoms with Crippen molar-refractivity contribution in [1.29, 1.82) is 5.26 Å². The van der Waals surface area contributed by atoms with Gasteiger partial charge in [0.1, 0.15) is 0 Å². The number of nitriles is 1. The Bertz CT molecular complexity index is 573. The Morgan fingerprint density at radius 1 is 0.880 bits per heavy atom. The van der Waals surface area contributed by atoms with Crippen LogP contribution in [0.4, 0.5) is 0 Å². The fourth-order valence-corrected chi connectivity index (χ4v) is 3.91. The molecule has 0 spiro atoms. The van der Waals surface area contributed by atoms with Crippen LogP contribution in [0.25, 0.3) is 0 Å². The van der Waals surface area contributed by atoms with Gasteiger partial charge in [0, 0.05) is 11.8 Å². The van der Waals surface area contributed by atoms with Gasteiger partial charge in [-0.3, -0.25) is 0 Å². The van der Waals surface area contributed by atoms with Crippen molar-refractivity contribution < 1.29 is 0 Å². The normalized spacial score (nSPS) is 19.7. The molecule has 1 aliphatic carbocycles. The van der Waals surface area contributed by atoms with Crippen molar-refractivity contribution in [3.05, 3.63) is 35.4 Å². The van der Waals surface area contributed by atoms with E-state index < -0.39 is 0 Å². The van der Waals surface area contributed by atoms with Gasteiger partial charge in [0.15, 0.2) is 6.07 Å². The number of nitrogens with zero attached hydrogens (tertiary/aromatic N) is 1. The smallest absolute Gasteiger partial charge is 0.152 e. The molecule has 0 unspecified atom stereocenters. The Kier molecular flexibility index (Phi) is 9.22. The van der Waals surface area contributed by atoms with Gasteiger partial charge in [-0.15, -0.1) is 0 Å². The van der Waals surface area contributed by atoms with Crippen molar-refractivity contribution >= 4 is 0 Å². The standard InChI is InChI=1S/C24H33N/c1-2-3-4-5-6-8-21-10-14-23(15-11-21)18-19-24-16-12-22(13-17-24)9-7-20-25/h10-11,14-15,22,24H,2-6,8,12-13,16-19H2,1H3. The van der Waals surface area contributed by atoms with Crippen LogP contribution in [-0.4, -0.2) is 0 Å². The summed E-state index contributed by atoms with van der Waals surface area (Å²) in [6.45, 7) is 2.27. The van der Waals surface area contributed by atoms with Crippen LogP contribution in [-0.2, 0) is 12.8 Å². The molecule has 1 aromatic carbocycles. The SMILES string of the molecule is CCCCCCCc1ccc(CCC2CCC(C#CC#N)CC2)cc1. The van der Waals surface area contributed by atoms with Crippen LogP contribution in [0.15, 0.2) is 24.3 Å². The zero-order valence-electron chi connectivity index (χ0n) is 15.9. The zero-order valence-corrected chi connectivity index (χ0v) is 15.9. The van der Waals surface area contributed by atoms with E-state index in [2.05, 4.69) is 43.0 Å². The molecule has 1 saturated carbocycles. The van der Waals surface area contributed by atoms with Gasteiger partial charge in [0.2, 0.25) is 0 Å². The summed E-state index contributed by atoms with van der Waals surface area (Å²) < 4.78 is 0. The third-order valence-electron chi connectivity index (χ3n) is 5.61. The lowest BCUT2D eigenvalue weighted by Gasteiger charge is -2.25. The summed E-state index contributed by atoms with van der Waals surface area (Å²) in [7, 11) is 0. The summed E-state index contributed by atoms with van der Waals surface area (Å²) in [5, 5.41) is 8.54. The molecule has 1 fully saturated rings. The molecule has 1 nitrogen and oxygen atoms in total. The van der Waals surface area contributed by atoms with E-state index in [0.717, 1.165) is 5.92 Å². The molecule has 0 bridgehead atoms. The predicted octanol–water partition coefficient (Wildman–Crippen LogP) is 6.47. The quantitative estimate of drug-likeness (QED) is 0.375. The molecule has 0 aliphatic heterocycles. The molecule has 1 aliphatic rings. The molecule has 0 heterocycles. The van der Waals surface area contributed by atoms with Crippen LogP contribution >= 0.6 is 0 Å². The van der Waals surface area contributed by atoms with Gasteiger partial charge in [-0.25, -0.2) is 0 Å². The number of unbranched alkanes of at least 4 members (excludes halogenated alkanes) is 4. The molecule has 0 N–H and O–H groups in total. The number of hydrogen-bond donors (Lipinski definition) is 0. The second-order valence-corrected chi connectivity index (χ2v) is 7.62. The fourth-order valence-electron chi connectivity index (χ4n) is 3.91. The maximum Gasteiger partial charge on any atom is 0.152 e. The van der Waals surface area contributed by atoms with E-state index in [9.17, 15) is 0 Å². The maximum atomic E-state index is 8.54. The first-order valence-corrected chi connectivity index (χ1v) is 10.3. The van der Waals surface area contributed by atoms with Crippen LogP contribution < -0.4 is 0 Å². The molecule has 0 amide bonds. The molecule has 0 atom stereocenters. The summed E-state index contributed by atoms with van der Waals surface area (Å²) >= 11 is 0. The van der Waals surface area contributed by atoms with Crippen LogP contribution in [0.3, 0.4) is 0 Å². The Morgan fingerprint density at radius 2 is 1.52 bits per heavy atom. The minimum Gasteiger partial charge on any atom is -0.183 e. The van der Waals surface area contributed by atoms with E-state index in [4.69, 9.17) is 5.26 Å². The summed E-state index contributed by atoms with van der Waals surface area (Å²) in [4.78, 5) is 0. The third-order valence-corrected chi connectivity index (χ3v) is 5.61. The molecule has 2 rings (SSSR count). The van der Waals surface area contributed by atoms with Gasteiger partial charge in [-0.1, -0.05) is 62.8 Å². The van der Waals surface area contributed by atoms with Crippen LogP contribution in [0, 0.1) is 35.0 Å². The first-order valence-electron chi connectivity index (χ1n) is 10.3. The number of aryl methyl sites for hydroxylation is 2. The van der Waals surface area contributed by atoms with Crippen molar-refractivity contribution in [2.75, 3.05) is 0 Å². The molecule has 1 aromatic rings. The molecule has 134 valence electrons. The largest absolute Gasteiger partial charge is 0.183 e. The second-order valence-electron chi connectivity index (χ2n) is 7.62. The topological polar surface area (TPSA) is 23.8 Å². The van der Waals surface area contributed by atoms with Crippen LogP contribution in [0.5, 0.6) is 0 Å². The summed E-state index contributed by atoms with van der Waals surface area (Å²) in [5.74, 6) is 6.98. The van der Waals surface area contributed by atoms with Crippen LogP contribution in [0.1, 0.15) is 82.3 Å². The minimum absolute atomic E-state index is 0.465. The Balaban J connectivity index is 1.64. The number of hydrogen-bond acceptors (Lipinski definition) is 1. The summed E-state index contributed by atoms with van der Waals surface area (Å²) in [5.41, 5.74) is 2.98. The molecule has 0 radical (unpaired) electrons. The Labute approximate surface area is 154 Å². The van der Waals surface area contributed by atoms with Gasteiger partial charge in [0.05, 0.1) is 0 Å². The van der Waals surface area contributed by atoms with E-state index >= 15 is 0 Å². The monoisotopic (exact) mass is 335 g/mol. The number of benzene rings is 1. The van der Waals surface area contributed by atoms with E-state index in [0.29, 0.717) is 5.92 Å². The Morgan fingerprint density at radius 3 is 2.16 bits per heavy atom. The van der Waals surface area contributed by atoms with Crippen LogP contribution in [0.2, 0.25) is 0 Å². The maximum absolute atomic E-state index is 8.54. The van der Waals surface area contributed by atoms with E-state index in [1.54, 1.807) is 0 Å². The van der Waals surface area contributed by atoms with Gasteiger partial charge in [0.25, 0.3) is 0 Å². The lowest BCUT2D eigenvalue weighted by atomic mass is 9.80. The summed E-state index contributed by atoms with van der Waals surface area (Å²) in [6, 6.07) is 11.3. The molecule has 1 heteroatoms. The average Bonchev–Trinajstić information content (AvgIpc) is 2.66.